The SMILES string of the molecule is C[Si](C)(C)C(c1c(F)c(F)c(F)c(F)c1F)c1c(F)c(F)c(F)c(F)c1F. The summed E-state index contributed by atoms with van der Waals surface area (Å²) in [6, 6.07) is 0. The molecule has 0 amide bonds. The quantitative estimate of drug-likeness (QED) is 0.244. The fourth-order valence-corrected chi connectivity index (χ4v) is 5.00. The van der Waals surface area contributed by atoms with Gasteiger partial charge in [0.05, 0.1) is 8.07 Å². The third-order valence-electron chi connectivity index (χ3n) is 3.93. The van der Waals surface area contributed by atoms with E-state index in [1.807, 2.05) is 0 Å². The summed E-state index contributed by atoms with van der Waals surface area (Å²) in [4.78, 5) is 0. The first-order valence-electron chi connectivity index (χ1n) is 7.26. The second-order valence-corrected chi connectivity index (χ2v) is 12.1. The van der Waals surface area contributed by atoms with Crippen LogP contribution in [0.25, 0.3) is 0 Å². The van der Waals surface area contributed by atoms with Crippen LogP contribution in [0, 0.1) is 58.2 Å². The minimum Gasteiger partial charge on any atom is -0.203 e. The normalized spacial score (nSPS) is 12.2. The molecule has 2 rings (SSSR count). The van der Waals surface area contributed by atoms with E-state index in [-0.39, 0.29) is 0 Å². The van der Waals surface area contributed by atoms with E-state index in [4.69, 9.17) is 0 Å². The van der Waals surface area contributed by atoms with Gasteiger partial charge in [0.15, 0.2) is 46.5 Å². The van der Waals surface area contributed by atoms with Gasteiger partial charge in [0.25, 0.3) is 0 Å². The smallest absolute Gasteiger partial charge is 0.200 e. The highest BCUT2D eigenvalue weighted by molar-refractivity contribution is 6.78. The highest BCUT2D eigenvalue weighted by Crippen LogP contribution is 2.42. The molecule has 0 fully saturated rings. The van der Waals surface area contributed by atoms with E-state index in [0.29, 0.717) is 0 Å². The molecule has 0 spiro atoms. The number of rotatable bonds is 3. The summed E-state index contributed by atoms with van der Waals surface area (Å²) >= 11 is 0. The van der Waals surface area contributed by atoms with Crippen LogP contribution >= 0.6 is 0 Å². The summed E-state index contributed by atoms with van der Waals surface area (Å²) in [5.41, 5.74) is -5.55. The van der Waals surface area contributed by atoms with Gasteiger partial charge in [0.1, 0.15) is 0 Å². The maximum atomic E-state index is 14.2. The molecule has 0 atom stereocenters. The van der Waals surface area contributed by atoms with Crippen LogP contribution in [0.3, 0.4) is 0 Å². The molecule has 0 bridgehead atoms. The summed E-state index contributed by atoms with van der Waals surface area (Å²) in [6.07, 6.45) is 0. The van der Waals surface area contributed by atoms with Gasteiger partial charge in [0.2, 0.25) is 11.6 Å². The van der Waals surface area contributed by atoms with E-state index >= 15 is 0 Å². The molecular weight excluding hydrogens is 410 g/mol. The Hall–Kier alpha value is -2.04. The molecule has 11 heteroatoms. The Kier molecular flexibility index (Phi) is 5.39. The molecule has 0 aliphatic carbocycles. The van der Waals surface area contributed by atoms with Crippen LogP contribution in [0.1, 0.15) is 16.7 Å². The van der Waals surface area contributed by atoms with Crippen molar-refractivity contribution in [2.45, 2.75) is 25.2 Å². The van der Waals surface area contributed by atoms with E-state index in [9.17, 15) is 43.9 Å². The Balaban J connectivity index is 3.04. The Bertz CT molecular complexity index is 805. The molecule has 0 saturated carbocycles. The zero-order valence-electron chi connectivity index (χ0n) is 13.9. The van der Waals surface area contributed by atoms with Crippen LogP contribution in [0.15, 0.2) is 0 Å². The van der Waals surface area contributed by atoms with Crippen molar-refractivity contribution >= 4 is 8.07 Å². The van der Waals surface area contributed by atoms with Gasteiger partial charge in [0, 0.05) is 16.7 Å². The van der Waals surface area contributed by atoms with Crippen molar-refractivity contribution in [2.24, 2.45) is 0 Å². The van der Waals surface area contributed by atoms with Crippen molar-refractivity contribution in [1.29, 1.82) is 0 Å². The fraction of sp³-hybridized carbons (Fsp3) is 0.250. The van der Waals surface area contributed by atoms with Crippen molar-refractivity contribution < 1.29 is 43.9 Å². The number of benzene rings is 2. The first-order valence-corrected chi connectivity index (χ1v) is 10.8. The molecule has 27 heavy (non-hydrogen) atoms. The first-order chi connectivity index (χ1) is 12.2. The van der Waals surface area contributed by atoms with Crippen molar-refractivity contribution in [1.82, 2.24) is 0 Å². The molecule has 0 heterocycles. The lowest BCUT2D eigenvalue weighted by Crippen LogP contribution is -2.36. The Morgan fingerprint density at radius 3 is 0.778 bits per heavy atom. The molecular formula is C16H10F10Si. The molecule has 0 nitrogen and oxygen atoms in total. The van der Waals surface area contributed by atoms with Gasteiger partial charge in [-0.05, 0) is 0 Å². The van der Waals surface area contributed by atoms with E-state index in [2.05, 4.69) is 0 Å². The maximum Gasteiger partial charge on any atom is 0.200 e. The van der Waals surface area contributed by atoms with E-state index in [1.165, 1.54) is 19.6 Å². The average molecular weight is 420 g/mol. The van der Waals surface area contributed by atoms with Gasteiger partial charge in [-0.2, -0.15) is 0 Å². The largest absolute Gasteiger partial charge is 0.203 e. The fourth-order valence-electron chi connectivity index (χ4n) is 2.76. The zero-order chi connectivity index (χ0) is 21.0. The monoisotopic (exact) mass is 420 g/mol. The van der Waals surface area contributed by atoms with Crippen molar-refractivity contribution in [3.05, 3.63) is 69.3 Å². The van der Waals surface area contributed by atoms with Crippen molar-refractivity contribution in [2.75, 3.05) is 0 Å². The number of hydrogen-bond donors (Lipinski definition) is 0. The highest BCUT2D eigenvalue weighted by atomic mass is 28.3. The Morgan fingerprint density at radius 2 is 0.593 bits per heavy atom. The van der Waals surface area contributed by atoms with Gasteiger partial charge in [-0.15, -0.1) is 0 Å². The molecule has 0 aliphatic rings. The van der Waals surface area contributed by atoms with Gasteiger partial charge in [-0.3, -0.25) is 0 Å². The summed E-state index contributed by atoms with van der Waals surface area (Å²) < 4.78 is 138. The van der Waals surface area contributed by atoms with Crippen molar-refractivity contribution in [3.8, 4) is 0 Å². The predicted octanol–water partition coefficient (Wildman–Crippen LogP) is 6.09. The lowest BCUT2D eigenvalue weighted by Gasteiger charge is -2.31. The van der Waals surface area contributed by atoms with Crippen LogP contribution in [0.2, 0.25) is 19.6 Å². The molecule has 0 saturated heterocycles. The summed E-state index contributed by atoms with van der Waals surface area (Å²) in [5.74, 6) is -24.2. The van der Waals surface area contributed by atoms with Crippen LogP contribution in [-0.4, -0.2) is 8.07 Å². The molecule has 148 valence electrons. The molecule has 2 aromatic carbocycles. The number of halogens is 10. The van der Waals surface area contributed by atoms with Gasteiger partial charge < -0.3 is 0 Å². The molecule has 0 unspecified atom stereocenters. The highest BCUT2D eigenvalue weighted by Gasteiger charge is 2.43. The molecule has 0 aliphatic heterocycles. The van der Waals surface area contributed by atoms with Gasteiger partial charge >= 0.3 is 0 Å². The van der Waals surface area contributed by atoms with Crippen LogP contribution in [0.5, 0.6) is 0 Å². The minimum absolute atomic E-state index is 1.20. The Morgan fingerprint density at radius 1 is 0.407 bits per heavy atom. The van der Waals surface area contributed by atoms with Crippen LogP contribution in [-0.2, 0) is 0 Å². The molecule has 0 radical (unpaired) electrons. The predicted molar refractivity (Wildman–Crippen MR) is 77.7 cm³/mol. The van der Waals surface area contributed by atoms with E-state index < -0.39 is 82.9 Å². The van der Waals surface area contributed by atoms with Crippen molar-refractivity contribution in [3.63, 3.8) is 0 Å². The first kappa shape index (κ1) is 21.3. The molecule has 0 aromatic heterocycles. The van der Waals surface area contributed by atoms with Gasteiger partial charge in [-0.25, -0.2) is 43.9 Å². The maximum absolute atomic E-state index is 14.2. The second kappa shape index (κ2) is 6.84. The summed E-state index contributed by atoms with van der Waals surface area (Å²) in [7, 11) is -3.39. The third kappa shape index (κ3) is 3.21. The third-order valence-corrected chi connectivity index (χ3v) is 6.24. The van der Waals surface area contributed by atoms with Crippen LogP contribution < -0.4 is 0 Å². The topological polar surface area (TPSA) is 0 Å². The van der Waals surface area contributed by atoms with E-state index in [0.717, 1.165) is 0 Å². The zero-order valence-corrected chi connectivity index (χ0v) is 14.9. The molecule has 0 N–H and O–H groups in total. The number of hydrogen-bond acceptors (Lipinski definition) is 0. The van der Waals surface area contributed by atoms with Crippen LogP contribution in [0.4, 0.5) is 43.9 Å². The van der Waals surface area contributed by atoms with Gasteiger partial charge in [-0.1, -0.05) is 19.6 Å². The average Bonchev–Trinajstić information content (AvgIpc) is 2.59. The molecule has 2 aromatic rings. The van der Waals surface area contributed by atoms with E-state index in [1.54, 1.807) is 0 Å². The summed E-state index contributed by atoms with van der Waals surface area (Å²) in [6.45, 7) is 3.61. The summed E-state index contributed by atoms with van der Waals surface area (Å²) in [5, 5.41) is 0. The lowest BCUT2D eigenvalue weighted by molar-refractivity contribution is 0.360. The Labute approximate surface area is 147 Å². The second-order valence-electron chi connectivity index (χ2n) is 6.77. The lowest BCUT2D eigenvalue weighted by atomic mass is 10.00. The standard InChI is InChI=1S/C16H10F10Si/c1-27(2,3)16(4-6(17)10(21)14(25)11(22)7(4)18)5-8(19)12(23)15(26)13(24)9(5)20/h16H,1-3H3. The minimum atomic E-state index is -3.39.